The lowest BCUT2D eigenvalue weighted by Gasteiger charge is -2.32. The fourth-order valence-electron chi connectivity index (χ4n) is 4.77. The number of ether oxygens (including phenoxy) is 2. The first-order valence-corrected chi connectivity index (χ1v) is 12.9. The summed E-state index contributed by atoms with van der Waals surface area (Å²) in [4.78, 5) is 0. The molecule has 0 saturated heterocycles. The Kier molecular flexibility index (Phi) is 8.39. The van der Waals surface area contributed by atoms with E-state index in [0.29, 0.717) is 12.2 Å². The molecule has 0 saturated carbocycles. The molecule has 0 radical (unpaired) electrons. The van der Waals surface area contributed by atoms with E-state index in [2.05, 4.69) is 38.1 Å². The van der Waals surface area contributed by atoms with Crippen molar-refractivity contribution in [3.63, 3.8) is 0 Å². The van der Waals surface area contributed by atoms with E-state index in [1.165, 1.54) is 25.7 Å². The number of hydrogen-bond acceptors (Lipinski definition) is 2. The molecule has 180 valence electrons. The lowest BCUT2D eigenvalue weighted by Crippen LogP contribution is -2.36. The van der Waals surface area contributed by atoms with Gasteiger partial charge in [-0.25, -0.2) is 4.39 Å². The molecule has 2 atom stereocenters. The third-order valence-corrected chi connectivity index (χ3v) is 6.72. The van der Waals surface area contributed by atoms with Crippen molar-refractivity contribution in [1.82, 2.24) is 0 Å². The van der Waals surface area contributed by atoms with Crippen LogP contribution >= 0.6 is 0 Å². The van der Waals surface area contributed by atoms with Crippen LogP contribution in [0.5, 0.6) is 5.75 Å². The van der Waals surface area contributed by atoms with Gasteiger partial charge in [-0.2, -0.15) is 0 Å². The average molecular weight is 461 g/mol. The second kappa shape index (κ2) is 11.7. The minimum absolute atomic E-state index is 0.556. The van der Waals surface area contributed by atoms with Crippen molar-refractivity contribution in [3.8, 4) is 5.75 Å². The highest BCUT2D eigenvalue weighted by Crippen LogP contribution is 2.41. The SMILES string of the molecule is CCCCCCCOc1ccc2c(ccc3c(C4(F)C=CC=CC4OCCCC)cccc32)c1. The third-order valence-electron chi connectivity index (χ3n) is 6.72. The Morgan fingerprint density at radius 3 is 2.47 bits per heavy atom. The molecule has 2 nitrogen and oxygen atoms in total. The maximum absolute atomic E-state index is 16.6. The highest BCUT2D eigenvalue weighted by atomic mass is 19.1. The minimum Gasteiger partial charge on any atom is -0.494 e. The molecule has 0 N–H and O–H groups in total. The zero-order chi connectivity index (χ0) is 23.8. The summed E-state index contributed by atoms with van der Waals surface area (Å²) < 4.78 is 28.6. The molecule has 0 amide bonds. The molecule has 1 aliphatic carbocycles. The fourth-order valence-corrected chi connectivity index (χ4v) is 4.77. The van der Waals surface area contributed by atoms with E-state index in [-0.39, 0.29) is 0 Å². The van der Waals surface area contributed by atoms with E-state index >= 15 is 4.39 Å². The number of fused-ring (bicyclic) bond motifs is 3. The number of benzene rings is 3. The maximum atomic E-state index is 16.6. The first-order valence-electron chi connectivity index (χ1n) is 12.9. The monoisotopic (exact) mass is 460 g/mol. The van der Waals surface area contributed by atoms with Gasteiger partial charge in [0.15, 0.2) is 5.67 Å². The van der Waals surface area contributed by atoms with Crippen molar-refractivity contribution in [3.05, 3.63) is 78.4 Å². The number of rotatable bonds is 12. The van der Waals surface area contributed by atoms with Gasteiger partial charge in [0.05, 0.1) is 6.61 Å². The Hall–Kier alpha value is -2.65. The Bertz CT molecular complexity index is 1150. The predicted octanol–water partition coefficient (Wildman–Crippen LogP) is 8.82. The van der Waals surface area contributed by atoms with Crippen LogP contribution in [0.25, 0.3) is 21.5 Å². The molecule has 0 heterocycles. The Morgan fingerprint density at radius 2 is 1.62 bits per heavy atom. The molecule has 0 aromatic heterocycles. The van der Waals surface area contributed by atoms with Gasteiger partial charge in [0.1, 0.15) is 11.9 Å². The number of hydrogen-bond donors (Lipinski definition) is 0. The van der Waals surface area contributed by atoms with Crippen LogP contribution in [-0.4, -0.2) is 19.3 Å². The fraction of sp³-hybridized carbons (Fsp3) is 0.419. The van der Waals surface area contributed by atoms with E-state index < -0.39 is 11.8 Å². The highest BCUT2D eigenvalue weighted by molar-refractivity contribution is 6.09. The van der Waals surface area contributed by atoms with E-state index in [9.17, 15) is 0 Å². The minimum atomic E-state index is -1.70. The topological polar surface area (TPSA) is 18.5 Å². The predicted molar refractivity (Wildman–Crippen MR) is 141 cm³/mol. The number of unbranched alkanes of at least 4 members (excludes halogenated alkanes) is 5. The van der Waals surface area contributed by atoms with E-state index in [4.69, 9.17) is 9.47 Å². The molecule has 3 heteroatoms. The van der Waals surface area contributed by atoms with Gasteiger partial charge in [-0.15, -0.1) is 0 Å². The van der Waals surface area contributed by atoms with Crippen molar-refractivity contribution in [2.75, 3.05) is 13.2 Å². The molecular formula is C31H37FO2. The number of alkyl halides is 1. The van der Waals surface area contributed by atoms with Crippen molar-refractivity contribution in [1.29, 1.82) is 0 Å². The molecule has 3 aromatic carbocycles. The van der Waals surface area contributed by atoms with Gasteiger partial charge >= 0.3 is 0 Å². The van der Waals surface area contributed by atoms with Gasteiger partial charge in [-0.3, -0.25) is 0 Å². The summed E-state index contributed by atoms with van der Waals surface area (Å²) in [5.41, 5.74) is -1.04. The van der Waals surface area contributed by atoms with Crippen molar-refractivity contribution >= 4 is 21.5 Å². The van der Waals surface area contributed by atoms with Crippen LogP contribution in [-0.2, 0) is 10.4 Å². The summed E-state index contributed by atoms with van der Waals surface area (Å²) in [6.45, 7) is 5.65. The molecule has 0 aliphatic heterocycles. The first kappa shape index (κ1) is 24.5. The quantitative estimate of drug-likeness (QED) is 0.198. The largest absolute Gasteiger partial charge is 0.494 e. The van der Waals surface area contributed by atoms with Crippen molar-refractivity contribution in [2.24, 2.45) is 0 Å². The van der Waals surface area contributed by atoms with Gasteiger partial charge in [-0.05, 0) is 52.6 Å². The Labute approximate surface area is 203 Å². The molecular weight excluding hydrogens is 423 g/mol. The smallest absolute Gasteiger partial charge is 0.184 e. The van der Waals surface area contributed by atoms with Gasteiger partial charge in [0, 0.05) is 12.2 Å². The van der Waals surface area contributed by atoms with Gasteiger partial charge in [0.2, 0.25) is 0 Å². The lowest BCUT2D eigenvalue weighted by atomic mass is 9.83. The van der Waals surface area contributed by atoms with Crippen LogP contribution in [0.3, 0.4) is 0 Å². The molecule has 1 aliphatic rings. The number of halogens is 1. The first-order chi connectivity index (χ1) is 16.7. The molecule has 0 spiro atoms. The molecule has 0 bridgehead atoms. The van der Waals surface area contributed by atoms with E-state index in [0.717, 1.165) is 53.2 Å². The highest BCUT2D eigenvalue weighted by Gasteiger charge is 2.40. The van der Waals surface area contributed by atoms with E-state index in [1.807, 2.05) is 36.4 Å². The molecule has 0 fully saturated rings. The van der Waals surface area contributed by atoms with Crippen molar-refractivity contribution < 1.29 is 13.9 Å². The summed E-state index contributed by atoms with van der Waals surface area (Å²) in [6.07, 6.45) is 14.6. The third kappa shape index (κ3) is 5.36. The Balaban J connectivity index is 1.60. The second-order valence-electron chi connectivity index (χ2n) is 9.27. The summed E-state index contributed by atoms with van der Waals surface area (Å²) in [5.74, 6) is 0.894. The van der Waals surface area contributed by atoms with Crippen LogP contribution < -0.4 is 4.74 Å². The molecule has 2 unspecified atom stereocenters. The molecule has 4 rings (SSSR count). The van der Waals surface area contributed by atoms with Crippen LogP contribution in [0.15, 0.2) is 72.8 Å². The average Bonchev–Trinajstić information content (AvgIpc) is 2.86. The van der Waals surface area contributed by atoms with Crippen LogP contribution in [0, 0.1) is 0 Å². The summed E-state index contributed by atoms with van der Waals surface area (Å²) in [5, 5.41) is 4.19. The second-order valence-corrected chi connectivity index (χ2v) is 9.27. The molecule has 34 heavy (non-hydrogen) atoms. The summed E-state index contributed by atoms with van der Waals surface area (Å²) in [7, 11) is 0. The number of allylic oxidation sites excluding steroid dienone is 2. The van der Waals surface area contributed by atoms with Gasteiger partial charge in [-0.1, -0.05) is 101 Å². The van der Waals surface area contributed by atoms with Crippen LogP contribution in [0.1, 0.15) is 64.4 Å². The van der Waals surface area contributed by atoms with Gasteiger partial charge < -0.3 is 9.47 Å². The molecule has 3 aromatic rings. The summed E-state index contributed by atoms with van der Waals surface area (Å²) >= 11 is 0. The normalized spacial score (nSPS) is 19.8. The van der Waals surface area contributed by atoms with Crippen LogP contribution in [0.2, 0.25) is 0 Å². The maximum Gasteiger partial charge on any atom is 0.184 e. The zero-order valence-corrected chi connectivity index (χ0v) is 20.6. The standard InChI is InChI=1S/C31H37FO2/c1-3-5-7-8-11-22-33-25-17-19-26-24(23-25)16-18-28-27(26)13-12-14-29(28)31(32)20-10-9-15-30(31)34-21-6-4-2/h9-10,12-20,23,30H,3-8,11,21-22H2,1-2H3. The van der Waals surface area contributed by atoms with Gasteiger partial charge in [0.25, 0.3) is 0 Å². The Morgan fingerprint density at radius 1 is 0.794 bits per heavy atom. The van der Waals surface area contributed by atoms with Crippen molar-refractivity contribution in [2.45, 2.75) is 70.6 Å². The lowest BCUT2D eigenvalue weighted by molar-refractivity contribution is -0.0124. The summed E-state index contributed by atoms with van der Waals surface area (Å²) in [6, 6.07) is 16.3. The van der Waals surface area contributed by atoms with Crippen LogP contribution in [0.4, 0.5) is 4.39 Å². The van der Waals surface area contributed by atoms with E-state index in [1.54, 1.807) is 12.2 Å². The zero-order valence-electron chi connectivity index (χ0n) is 20.6.